The van der Waals surface area contributed by atoms with Crippen LogP contribution in [-0.2, 0) is 20.9 Å². The summed E-state index contributed by atoms with van der Waals surface area (Å²) in [5.74, 6) is -3.22. The molecule has 0 radical (unpaired) electrons. The van der Waals surface area contributed by atoms with Crippen LogP contribution in [0.25, 0.3) is 10.9 Å². The molecule has 0 spiro atoms. The number of ketones is 1. The van der Waals surface area contributed by atoms with Gasteiger partial charge in [-0.25, -0.2) is 0 Å². The second kappa shape index (κ2) is 5.51. The number of fused-ring (bicyclic) bond motifs is 10. The number of carbonyl (C=O) groups is 3. The Morgan fingerprint density at radius 2 is 1.59 bits per heavy atom. The lowest BCUT2D eigenvalue weighted by atomic mass is 9.75. The fourth-order valence-corrected chi connectivity index (χ4v) is 5.54. The summed E-state index contributed by atoms with van der Waals surface area (Å²) >= 11 is 12.2. The van der Waals surface area contributed by atoms with Crippen molar-refractivity contribution in [3.63, 3.8) is 0 Å². The van der Waals surface area contributed by atoms with E-state index in [0.717, 1.165) is 7.05 Å². The first-order valence-corrected chi connectivity index (χ1v) is 10.2. The number of amides is 2. The van der Waals surface area contributed by atoms with E-state index in [1.54, 1.807) is 0 Å². The van der Waals surface area contributed by atoms with Crippen molar-refractivity contribution in [3.05, 3.63) is 63.3 Å². The van der Waals surface area contributed by atoms with Crippen LogP contribution in [0.2, 0.25) is 10.0 Å². The molecule has 1 saturated heterocycles. The number of H-pyrrole nitrogens is 1. The highest BCUT2D eigenvalue weighted by Gasteiger charge is 2.81. The maximum Gasteiger partial charge on any atom is 0.286 e. The molecule has 6 rings (SSSR count). The van der Waals surface area contributed by atoms with E-state index in [1.165, 1.54) is 36.4 Å². The molecule has 9 nitrogen and oxygen atoms in total. The van der Waals surface area contributed by atoms with Gasteiger partial charge in [-0.05, 0) is 36.4 Å². The Hall–Kier alpha value is -2.95. The van der Waals surface area contributed by atoms with Crippen LogP contribution in [0.15, 0.2) is 36.4 Å². The van der Waals surface area contributed by atoms with E-state index < -0.39 is 34.6 Å². The van der Waals surface area contributed by atoms with Crippen LogP contribution in [0.5, 0.6) is 0 Å². The van der Waals surface area contributed by atoms with Gasteiger partial charge in [-0.3, -0.25) is 24.2 Å². The number of hydrogen-bond donors (Lipinski definition) is 4. The van der Waals surface area contributed by atoms with Crippen molar-refractivity contribution in [2.24, 2.45) is 0 Å². The number of carbonyl (C=O) groups excluding carboxylic acids is 3. The van der Waals surface area contributed by atoms with Crippen molar-refractivity contribution in [1.82, 2.24) is 9.88 Å². The molecule has 4 heterocycles. The van der Waals surface area contributed by atoms with Crippen LogP contribution in [0.4, 0.5) is 5.69 Å². The lowest BCUT2D eigenvalue weighted by Crippen LogP contribution is -2.74. The number of halogens is 2. The van der Waals surface area contributed by atoms with Crippen LogP contribution < -0.4 is 4.90 Å². The van der Waals surface area contributed by atoms with Crippen LogP contribution in [-0.4, -0.2) is 55.6 Å². The van der Waals surface area contributed by atoms with Crippen molar-refractivity contribution in [2.75, 3.05) is 11.9 Å². The van der Waals surface area contributed by atoms with E-state index >= 15 is 0 Å². The summed E-state index contributed by atoms with van der Waals surface area (Å²) in [6, 6.07) is 8.47. The third-order valence-electron chi connectivity index (χ3n) is 6.60. The van der Waals surface area contributed by atoms with Gasteiger partial charge in [0, 0.05) is 39.1 Å². The van der Waals surface area contributed by atoms with Gasteiger partial charge in [-0.2, -0.15) is 0 Å². The lowest BCUT2D eigenvalue weighted by molar-refractivity contribution is -0.184. The van der Waals surface area contributed by atoms with E-state index in [-0.39, 0.29) is 37.9 Å². The van der Waals surface area contributed by atoms with Crippen molar-refractivity contribution in [3.8, 4) is 0 Å². The molecule has 0 bridgehead atoms. The van der Waals surface area contributed by atoms with Gasteiger partial charge in [0.15, 0.2) is 0 Å². The Balaban J connectivity index is 1.85. The quantitative estimate of drug-likeness (QED) is 0.360. The van der Waals surface area contributed by atoms with E-state index in [1.807, 2.05) is 0 Å². The van der Waals surface area contributed by atoms with Crippen molar-refractivity contribution >= 4 is 57.4 Å². The number of aromatic amines is 1. The first-order valence-electron chi connectivity index (χ1n) is 9.45. The van der Waals surface area contributed by atoms with E-state index in [0.29, 0.717) is 15.3 Å². The standard InChI is InChI=1S/C21H13Cl2N3O6/c1-25-17(28)19(30)14-10-6-8(22)2-4-12(10)24-15(14)20(31)16(27)11-7-9(23)3-5-13(11)26(20)21(19,32)18(25)29/h2-7,24,30-32H,1H3. The molecule has 1 fully saturated rings. The van der Waals surface area contributed by atoms with Crippen molar-refractivity contribution < 1.29 is 29.7 Å². The van der Waals surface area contributed by atoms with Crippen molar-refractivity contribution in [2.45, 2.75) is 17.1 Å². The predicted molar refractivity (Wildman–Crippen MR) is 112 cm³/mol. The number of imide groups is 1. The highest BCUT2D eigenvalue weighted by molar-refractivity contribution is 6.32. The second-order valence-corrected chi connectivity index (χ2v) is 8.99. The monoisotopic (exact) mass is 473 g/mol. The van der Waals surface area contributed by atoms with Gasteiger partial charge in [-0.1, -0.05) is 23.2 Å². The highest BCUT2D eigenvalue weighted by Crippen LogP contribution is 2.61. The van der Waals surface area contributed by atoms with E-state index in [2.05, 4.69) is 4.98 Å². The molecule has 0 aliphatic carbocycles. The second-order valence-electron chi connectivity index (χ2n) is 8.12. The summed E-state index contributed by atoms with van der Waals surface area (Å²) in [5.41, 5.74) is -8.92. The first kappa shape index (κ1) is 19.7. The Morgan fingerprint density at radius 3 is 2.31 bits per heavy atom. The lowest BCUT2D eigenvalue weighted by Gasteiger charge is -2.51. The Kier molecular flexibility index (Phi) is 3.39. The number of nitrogens with zero attached hydrogens (tertiary/aromatic N) is 2. The molecule has 3 unspecified atom stereocenters. The number of likely N-dealkylation sites (N-methyl/N-ethyl adjacent to an activating group) is 1. The Morgan fingerprint density at radius 1 is 0.938 bits per heavy atom. The number of rotatable bonds is 0. The number of likely N-dealkylation sites (tertiary alicyclic amines) is 1. The molecule has 0 saturated carbocycles. The summed E-state index contributed by atoms with van der Waals surface area (Å²) in [6.45, 7) is 0. The van der Waals surface area contributed by atoms with Crippen LogP contribution in [0, 0.1) is 0 Å². The minimum Gasteiger partial charge on any atom is -0.371 e. The molecule has 3 aliphatic rings. The van der Waals surface area contributed by atoms with Gasteiger partial charge in [0.2, 0.25) is 17.1 Å². The molecule has 2 amide bonds. The summed E-state index contributed by atoms with van der Waals surface area (Å²) < 4.78 is 0. The molecule has 162 valence electrons. The molecule has 3 aromatic rings. The number of benzene rings is 2. The van der Waals surface area contributed by atoms with Gasteiger partial charge in [0.1, 0.15) is 0 Å². The maximum absolute atomic E-state index is 13.5. The number of anilines is 1. The average molecular weight is 474 g/mol. The highest BCUT2D eigenvalue weighted by atomic mass is 35.5. The topological polar surface area (TPSA) is 134 Å². The van der Waals surface area contributed by atoms with Crippen molar-refractivity contribution in [1.29, 1.82) is 0 Å². The molecule has 2 aromatic carbocycles. The SMILES string of the molecule is CN1C(=O)C2(O)c3c([nH]c4ccc(Cl)cc34)C3(O)C(=O)c4cc(Cl)ccc4N3C2(O)C1=O. The molecule has 3 aliphatic heterocycles. The normalized spacial score (nSPS) is 30.6. The van der Waals surface area contributed by atoms with Gasteiger partial charge in [-0.15, -0.1) is 0 Å². The maximum atomic E-state index is 13.5. The van der Waals surface area contributed by atoms with Crippen LogP contribution in [0.1, 0.15) is 21.6 Å². The molecule has 1 aromatic heterocycles. The zero-order chi connectivity index (χ0) is 23.0. The van der Waals surface area contributed by atoms with E-state index in [9.17, 15) is 29.7 Å². The summed E-state index contributed by atoms with van der Waals surface area (Å²) in [7, 11) is 1.10. The fraction of sp³-hybridized carbons (Fsp3) is 0.190. The predicted octanol–water partition coefficient (Wildman–Crippen LogP) is 1.21. The molecule has 3 atom stereocenters. The molecule has 11 heteroatoms. The fourth-order valence-electron chi connectivity index (χ4n) is 5.20. The minimum absolute atomic E-state index is 0.0680. The summed E-state index contributed by atoms with van der Waals surface area (Å²) in [4.78, 5) is 44.1. The minimum atomic E-state index is -3.03. The van der Waals surface area contributed by atoms with Crippen LogP contribution in [0.3, 0.4) is 0 Å². The number of Topliss-reactive ketones (excluding diaryl/α,β-unsaturated/α-hetero) is 1. The Bertz CT molecular complexity index is 1450. The van der Waals surface area contributed by atoms with Crippen LogP contribution >= 0.6 is 23.2 Å². The number of hydrogen-bond acceptors (Lipinski definition) is 7. The van der Waals surface area contributed by atoms with Gasteiger partial charge < -0.3 is 20.3 Å². The molecular formula is C21H13Cl2N3O6. The van der Waals surface area contributed by atoms with Gasteiger partial charge in [0.05, 0.1) is 11.4 Å². The number of nitrogens with one attached hydrogen (secondary N) is 1. The largest absolute Gasteiger partial charge is 0.371 e. The smallest absolute Gasteiger partial charge is 0.286 e. The zero-order valence-electron chi connectivity index (χ0n) is 16.2. The van der Waals surface area contributed by atoms with Gasteiger partial charge >= 0.3 is 0 Å². The van der Waals surface area contributed by atoms with E-state index in [4.69, 9.17) is 23.2 Å². The van der Waals surface area contributed by atoms with Gasteiger partial charge in [0.25, 0.3) is 17.5 Å². The number of aliphatic hydroxyl groups is 3. The average Bonchev–Trinajstić information content (AvgIpc) is 3.29. The molecular weight excluding hydrogens is 461 g/mol. The zero-order valence-corrected chi connectivity index (χ0v) is 17.7. The Labute approximate surface area is 189 Å². The summed E-state index contributed by atoms with van der Waals surface area (Å²) in [5, 5.41) is 36.1. The third kappa shape index (κ3) is 1.76. The first-order chi connectivity index (χ1) is 15.0. The summed E-state index contributed by atoms with van der Waals surface area (Å²) in [6.07, 6.45) is 0. The molecule has 32 heavy (non-hydrogen) atoms. The molecule has 4 N–H and O–H groups in total. The number of aromatic nitrogens is 1. The third-order valence-corrected chi connectivity index (χ3v) is 7.07.